The number of nitrogens with zero attached hydrogens (tertiary/aromatic N) is 2. The van der Waals surface area contributed by atoms with Gasteiger partial charge in [-0.1, -0.05) is 54.7 Å². The van der Waals surface area contributed by atoms with Gasteiger partial charge in [-0.05, 0) is 37.3 Å². The van der Waals surface area contributed by atoms with E-state index in [1.807, 2.05) is 18.7 Å². The molecule has 0 radical (unpaired) electrons. The van der Waals surface area contributed by atoms with Crippen molar-refractivity contribution in [2.45, 2.75) is 26.9 Å². The summed E-state index contributed by atoms with van der Waals surface area (Å²) in [4.78, 5) is 29.1. The standard InChI is InChI=1S/C23H26Cl3N3O3/c1-14(2)23(31)29-11-9-28(10-12-29)21-17(25)5-4-6-19(21)27-22(30)15(3)32-20-8-7-16(24)13-18(20)26/h4-8,13-15H,9-12H2,1-3H3,(H,27,30)/t15-/m1/s1. The van der Waals surface area contributed by atoms with Crippen LogP contribution in [0.3, 0.4) is 0 Å². The highest BCUT2D eigenvalue weighted by Crippen LogP contribution is 2.35. The molecular weight excluding hydrogens is 473 g/mol. The first-order valence-corrected chi connectivity index (χ1v) is 11.6. The van der Waals surface area contributed by atoms with Crippen molar-refractivity contribution in [1.29, 1.82) is 0 Å². The van der Waals surface area contributed by atoms with E-state index in [1.54, 1.807) is 43.3 Å². The molecule has 1 aliphatic rings. The van der Waals surface area contributed by atoms with Crippen LogP contribution in [0.1, 0.15) is 20.8 Å². The Morgan fingerprint density at radius 2 is 1.66 bits per heavy atom. The van der Waals surface area contributed by atoms with E-state index in [0.717, 1.165) is 5.69 Å². The lowest BCUT2D eigenvalue weighted by atomic mass is 10.1. The number of benzene rings is 2. The molecule has 2 aromatic rings. The van der Waals surface area contributed by atoms with E-state index in [0.29, 0.717) is 52.7 Å². The topological polar surface area (TPSA) is 61.9 Å². The highest BCUT2D eigenvalue weighted by Gasteiger charge is 2.26. The largest absolute Gasteiger partial charge is 0.479 e. The molecule has 0 aromatic heterocycles. The summed E-state index contributed by atoms with van der Waals surface area (Å²) in [5, 5.41) is 4.25. The van der Waals surface area contributed by atoms with E-state index in [1.165, 1.54) is 0 Å². The van der Waals surface area contributed by atoms with Gasteiger partial charge in [-0.2, -0.15) is 0 Å². The van der Waals surface area contributed by atoms with Gasteiger partial charge in [0.2, 0.25) is 5.91 Å². The maximum Gasteiger partial charge on any atom is 0.265 e. The first-order chi connectivity index (χ1) is 15.2. The summed E-state index contributed by atoms with van der Waals surface area (Å²) < 4.78 is 5.72. The lowest BCUT2D eigenvalue weighted by Crippen LogP contribution is -2.50. The second-order valence-electron chi connectivity index (χ2n) is 7.93. The van der Waals surface area contributed by atoms with Crippen LogP contribution in [0.5, 0.6) is 5.75 Å². The molecule has 9 heteroatoms. The van der Waals surface area contributed by atoms with Crippen LogP contribution in [0.15, 0.2) is 36.4 Å². The predicted octanol–water partition coefficient (Wildman–Crippen LogP) is 5.36. The smallest absolute Gasteiger partial charge is 0.265 e. The van der Waals surface area contributed by atoms with Crippen molar-refractivity contribution in [3.05, 3.63) is 51.5 Å². The van der Waals surface area contributed by atoms with Crippen LogP contribution in [0.4, 0.5) is 11.4 Å². The molecule has 2 aromatic carbocycles. The number of hydrogen-bond donors (Lipinski definition) is 1. The minimum Gasteiger partial charge on any atom is -0.479 e. The number of halogens is 3. The van der Waals surface area contributed by atoms with Gasteiger partial charge in [-0.25, -0.2) is 0 Å². The maximum absolute atomic E-state index is 12.8. The highest BCUT2D eigenvalue weighted by molar-refractivity contribution is 6.35. The molecule has 1 fully saturated rings. The fraction of sp³-hybridized carbons (Fsp3) is 0.391. The molecule has 0 aliphatic carbocycles. The van der Waals surface area contributed by atoms with Gasteiger partial charge < -0.3 is 19.9 Å². The fourth-order valence-electron chi connectivity index (χ4n) is 3.50. The van der Waals surface area contributed by atoms with Gasteiger partial charge in [0, 0.05) is 37.1 Å². The molecule has 0 spiro atoms. The molecular formula is C23H26Cl3N3O3. The van der Waals surface area contributed by atoms with Crippen molar-refractivity contribution in [2.24, 2.45) is 5.92 Å². The summed E-state index contributed by atoms with van der Waals surface area (Å²) in [6.45, 7) is 7.89. The summed E-state index contributed by atoms with van der Waals surface area (Å²) >= 11 is 18.6. The van der Waals surface area contributed by atoms with Crippen molar-refractivity contribution in [3.63, 3.8) is 0 Å². The molecule has 0 unspecified atom stereocenters. The summed E-state index contributed by atoms with van der Waals surface area (Å²) in [6.07, 6.45) is -0.805. The van der Waals surface area contributed by atoms with E-state index in [2.05, 4.69) is 10.2 Å². The monoisotopic (exact) mass is 497 g/mol. The van der Waals surface area contributed by atoms with Crippen LogP contribution in [0.25, 0.3) is 0 Å². The van der Waals surface area contributed by atoms with Gasteiger partial charge >= 0.3 is 0 Å². The van der Waals surface area contributed by atoms with Crippen LogP contribution < -0.4 is 15.0 Å². The van der Waals surface area contributed by atoms with Gasteiger partial charge in [0.25, 0.3) is 5.91 Å². The quantitative estimate of drug-likeness (QED) is 0.583. The lowest BCUT2D eigenvalue weighted by Gasteiger charge is -2.38. The van der Waals surface area contributed by atoms with E-state index < -0.39 is 6.10 Å². The number of rotatable bonds is 6. The summed E-state index contributed by atoms with van der Waals surface area (Å²) in [5.74, 6) is 0.139. The van der Waals surface area contributed by atoms with Crippen LogP contribution in [0.2, 0.25) is 15.1 Å². The van der Waals surface area contributed by atoms with E-state index in [-0.39, 0.29) is 17.7 Å². The predicted molar refractivity (Wildman–Crippen MR) is 130 cm³/mol. The Labute approximate surface area is 203 Å². The molecule has 1 aliphatic heterocycles. The average molecular weight is 499 g/mol. The third-order valence-electron chi connectivity index (χ3n) is 5.21. The second kappa shape index (κ2) is 10.6. The van der Waals surface area contributed by atoms with Crippen LogP contribution in [-0.4, -0.2) is 49.0 Å². The Bertz CT molecular complexity index is 992. The van der Waals surface area contributed by atoms with Crippen LogP contribution >= 0.6 is 34.8 Å². The first-order valence-electron chi connectivity index (χ1n) is 10.4. The zero-order valence-corrected chi connectivity index (χ0v) is 20.5. The Morgan fingerprint density at radius 1 is 0.969 bits per heavy atom. The van der Waals surface area contributed by atoms with Crippen LogP contribution in [-0.2, 0) is 9.59 Å². The Kier molecular flexibility index (Phi) is 8.15. The second-order valence-corrected chi connectivity index (χ2v) is 9.18. The third kappa shape index (κ3) is 5.80. The summed E-state index contributed by atoms with van der Waals surface area (Å²) in [5.41, 5.74) is 1.32. The highest BCUT2D eigenvalue weighted by atomic mass is 35.5. The van der Waals surface area contributed by atoms with Crippen molar-refractivity contribution in [1.82, 2.24) is 4.90 Å². The normalized spacial score (nSPS) is 15.0. The van der Waals surface area contributed by atoms with Gasteiger partial charge in [0.15, 0.2) is 6.10 Å². The maximum atomic E-state index is 12.8. The van der Waals surface area contributed by atoms with Crippen molar-refractivity contribution >= 4 is 58.0 Å². The molecule has 3 rings (SSSR count). The minimum absolute atomic E-state index is 0.0349. The van der Waals surface area contributed by atoms with Gasteiger partial charge in [0.1, 0.15) is 5.75 Å². The number of carbonyl (C=O) groups is 2. The molecule has 32 heavy (non-hydrogen) atoms. The fourth-order valence-corrected chi connectivity index (χ4v) is 4.25. The average Bonchev–Trinajstić information content (AvgIpc) is 2.75. The number of carbonyl (C=O) groups excluding carboxylic acids is 2. The minimum atomic E-state index is -0.805. The molecule has 172 valence electrons. The number of nitrogens with one attached hydrogen (secondary N) is 1. The lowest BCUT2D eigenvalue weighted by molar-refractivity contribution is -0.134. The van der Waals surface area contributed by atoms with Crippen LogP contribution in [0, 0.1) is 5.92 Å². The molecule has 1 heterocycles. The summed E-state index contributed by atoms with van der Waals surface area (Å²) in [6, 6.07) is 10.2. The number of amides is 2. The molecule has 0 saturated carbocycles. The van der Waals surface area contributed by atoms with Crippen molar-refractivity contribution in [3.8, 4) is 5.75 Å². The summed E-state index contributed by atoms with van der Waals surface area (Å²) in [7, 11) is 0. The van der Waals surface area contributed by atoms with E-state index in [9.17, 15) is 9.59 Å². The van der Waals surface area contributed by atoms with Gasteiger partial charge in [-0.3, -0.25) is 9.59 Å². The zero-order chi connectivity index (χ0) is 23.4. The Hall–Kier alpha value is -2.15. The first kappa shape index (κ1) is 24.5. The number of ether oxygens (including phenoxy) is 1. The van der Waals surface area contributed by atoms with Gasteiger partial charge in [-0.15, -0.1) is 0 Å². The van der Waals surface area contributed by atoms with Gasteiger partial charge in [0.05, 0.1) is 21.4 Å². The third-order valence-corrected chi connectivity index (χ3v) is 6.05. The molecule has 1 saturated heterocycles. The van der Waals surface area contributed by atoms with Crippen molar-refractivity contribution < 1.29 is 14.3 Å². The Balaban J connectivity index is 1.70. The number of piperazine rings is 1. The number of anilines is 2. The van der Waals surface area contributed by atoms with Crippen molar-refractivity contribution in [2.75, 3.05) is 36.4 Å². The Morgan fingerprint density at radius 3 is 2.28 bits per heavy atom. The zero-order valence-electron chi connectivity index (χ0n) is 18.2. The van der Waals surface area contributed by atoms with E-state index >= 15 is 0 Å². The molecule has 0 bridgehead atoms. The molecule has 2 amide bonds. The molecule has 1 atom stereocenters. The molecule has 6 nitrogen and oxygen atoms in total. The van der Waals surface area contributed by atoms with E-state index in [4.69, 9.17) is 39.5 Å². The molecule has 1 N–H and O–H groups in total. The number of hydrogen-bond acceptors (Lipinski definition) is 4. The SMILES string of the molecule is CC(C)C(=O)N1CCN(c2c(Cl)cccc2NC(=O)[C@@H](C)Oc2ccc(Cl)cc2Cl)CC1. The number of para-hydroxylation sites is 1.